The summed E-state index contributed by atoms with van der Waals surface area (Å²) in [5, 5.41) is 11.7. The van der Waals surface area contributed by atoms with Crippen LogP contribution in [-0.2, 0) is 11.2 Å². The van der Waals surface area contributed by atoms with Crippen molar-refractivity contribution in [3.8, 4) is 0 Å². The predicted molar refractivity (Wildman–Crippen MR) is 77.0 cm³/mol. The number of carbonyl (C=O) groups excluding carboxylic acids is 1. The van der Waals surface area contributed by atoms with Crippen molar-refractivity contribution < 1.29 is 27.9 Å². The largest absolute Gasteiger partial charge is 0.481 e. The normalized spacial score (nSPS) is 21.2. The summed E-state index contributed by atoms with van der Waals surface area (Å²) in [6.45, 7) is 0. The van der Waals surface area contributed by atoms with Gasteiger partial charge in [-0.1, -0.05) is 12.1 Å². The molecule has 0 heterocycles. The Labute approximate surface area is 131 Å². The lowest BCUT2D eigenvalue weighted by Gasteiger charge is -2.13. The molecule has 0 unspecified atom stereocenters. The van der Waals surface area contributed by atoms with Gasteiger partial charge in [-0.25, -0.2) is 0 Å². The van der Waals surface area contributed by atoms with Crippen molar-refractivity contribution >= 4 is 11.9 Å². The van der Waals surface area contributed by atoms with Crippen molar-refractivity contribution in [2.75, 3.05) is 0 Å². The van der Waals surface area contributed by atoms with Crippen molar-refractivity contribution in [1.29, 1.82) is 0 Å². The first-order valence-corrected chi connectivity index (χ1v) is 7.44. The van der Waals surface area contributed by atoms with Gasteiger partial charge in [-0.05, 0) is 43.4 Å². The van der Waals surface area contributed by atoms with E-state index in [1.54, 1.807) is 0 Å². The van der Waals surface area contributed by atoms with E-state index >= 15 is 0 Å². The van der Waals surface area contributed by atoms with Crippen LogP contribution in [0.4, 0.5) is 13.2 Å². The van der Waals surface area contributed by atoms with Gasteiger partial charge in [0, 0.05) is 18.0 Å². The maximum atomic E-state index is 12.2. The molecule has 1 aromatic carbocycles. The quantitative estimate of drug-likeness (QED) is 0.872. The van der Waals surface area contributed by atoms with E-state index in [0.717, 1.165) is 0 Å². The number of rotatable bonds is 5. The van der Waals surface area contributed by atoms with E-state index in [-0.39, 0.29) is 18.4 Å². The highest BCUT2D eigenvalue weighted by molar-refractivity contribution is 5.94. The summed E-state index contributed by atoms with van der Waals surface area (Å²) in [6, 6.07) is 5.83. The van der Waals surface area contributed by atoms with Gasteiger partial charge in [0.15, 0.2) is 0 Å². The number of nitrogens with one attached hydrogen (secondary N) is 1. The van der Waals surface area contributed by atoms with Crippen LogP contribution < -0.4 is 5.32 Å². The van der Waals surface area contributed by atoms with Crippen LogP contribution in [-0.4, -0.2) is 29.2 Å². The maximum absolute atomic E-state index is 12.2. The van der Waals surface area contributed by atoms with Gasteiger partial charge in [0.1, 0.15) is 0 Å². The lowest BCUT2D eigenvalue weighted by molar-refractivity contribution is -0.141. The Morgan fingerprint density at radius 3 is 2.35 bits per heavy atom. The number of carboxylic acid groups (broad SMARTS) is 1. The van der Waals surface area contributed by atoms with Crippen molar-refractivity contribution in [3.05, 3.63) is 35.4 Å². The molecule has 0 radical (unpaired) electrons. The molecule has 7 heteroatoms. The fourth-order valence-corrected chi connectivity index (χ4v) is 2.71. The van der Waals surface area contributed by atoms with Gasteiger partial charge in [-0.15, -0.1) is 0 Å². The van der Waals surface area contributed by atoms with E-state index < -0.39 is 24.5 Å². The standard InChI is InChI=1S/C16H18F3NO3/c17-16(18,19)8-7-10-1-3-11(4-2-10)14(21)20-13-6-5-12(9-13)15(22)23/h1-4,12-13H,5-9H2,(H,20,21)(H,22,23)/t12-,13+/m0/s1. The Kier molecular flexibility index (Phi) is 5.28. The van der Waals surface area contributed by atoms with Crippen LogP contribution in [0.3, 0.4) is 0 Å². The second-order valence-corrected chi connectivity index (χ2v) is 5.83. The van der Waals surface area contributed by atoms with Crippen molar-refractivity contribution in [2.45, 2.75) is 44.3 Å². The first kappa shape index (κ1) is 17.3. The number of carbonyl (C=O) groups is 2. The number of hydrogen-bond donors (Lipinski definition) is 2. The smallest absolute Gasteiger partial charge is 0.389 e. The third-order valence-corrected chi connectivity index (χ3v) is 4.03. The van der Waals surface area contributed by atoms with Crippen LogP contribution in [0.1, 0.15) is 41.6 Å². The molecule has 1 fully saturated rings. The second kappa shape index (κ2) is 7.02. The number of hydrogen-bond acceptors (Lipinski definition) is 2. The zero-order chi connectivity index (χ0) is 17.0. The molecule has 126 valence electrons. The van der Waals surface area contributed by atoms with E-state index in [2.05, 4.69) is 5.32 Å². The lowest BCUT2D eigenvalue weighted by Crippen LogP contribution is -2.33. The van der Waals surface area contributed by atoms with Gasteiger partial charge in [0.2, 0.25) is 0 Å². The molecule has 0 aliphatic heterocycles. The monoisotopic (exact) mass is 329 g/mol. The molecule has 0 saturated heterocycles. The molecule has 2 N–H and O–H groups in total. The topological polar surface area (TPSA) is 66.4 Å². The zero-order valence-electron chi connectivity index (χ0n) is 12.4. The molecule has 4 nitrogen and oxygen atoms in total. The lowest BCUT2D eigenvalue weighted by atomic mass is 10.1. The van der Waals surface area contributed by atoms with Crippen LogP contribution in [0, 0.1) is 5.92 Å². The number of amides is 1. The van der Waals surface area contributed by atoms with Gasteiger partial charge in [-0.2, -0.15) is 13.2 Å². The molecular formula is C16H18F3NO3. The number of carboxylic acids is 1. The fraction of sp³-hybridized carbons (Fsp3) is 0.500. The maximum Gasteiger partial charge on any atom is 0.389 e. The van der Waals surface area contributed by atoms with E-state index in [1.807, 2.05) is 0 Å². The Morgan fingerprint density at radius 2 is 1.83 bits per heavy atom. The second-order valence-electron chi connectivity index (χ2n) is 5.83. The Bertz CT molecular complexity index is 569. The van der Waals surface area contributed by atoms with E-state index in [9.17, 15) is 22.8 Å². The summed E-state index contributed by atoms with van der Waals surface area (Å²) in [5.41, 5.74) is 0.880. The molecule has 0 bridgehead atoms. The minimum atomic E-state index is -4.20. The molecule has 1 aliphatic carbocycles. The molecular weight excluding hydrogens is 311 g/mol. The highest BCUT2D eigenvalue weighted by atomic mass is 19.4. The van der Waals surface area contributed by atoms with Crippen LogP contribution >= 0.6 is 0 Å². The Balaban J connectivity index is 1.87. The Morgan fingerprint density at radius 1 is 1.17 bits per heavy atom. The SMILES string of the molecule is O=C(N[C@@H]1CC[C@H](C(=O)O)C1)c1ccc(CCC(F)(F)F)cc1. The summed E-state index contributed by atoms with van der Waals surface area (Å²) in [6.07, 6.45) is -3.64. The first-order chi connectivity index (χ1) is 10.7. The highest BCUT2D eigenvalue weighted by Gasteiger charge is 2.30. The molecule has 0 spiro atoms. The molecule has 1 saturated carbocycles. The van der Waals surface area contributed by atoms with Gasteiger partial charge in [0.25, 0.3) is 5.91 Å². The van der Waals surface area contributed by atoms with Crippen molar-refractivity contribution in [3.63, 3.8) is 0 Å². The number of halogens is 3. The van der Waals surface area contributed by atoms with Gasteiger partial charge < -0.3 is 10.4 Å². The molecule has 23 heavy (non-hydrogen) atoms. The molecule has 2 rings (SSSR count). The third kappa shape index (κ3) is 5.26. The average Bonchev–Trinajstić information content (AvgIpc) is 2.93. The van der Waals surface area contributed by atoms with E-state index in [1.165, 1.54) is 24.3 Å². The summed E-state index contributed by atoms with van der Waals surface area (Å²) in [4.78, 5) is 22.9. The average molecular weight is 329 g/mol. The van der Waals surface area contributed by atoms with Crippen molar-refractivity contribution in [1.82, 2.24) is 5.32 Å². The Hall–Kier alpha value is -2.05. The van der Waals surface area contributed by atoms with Crippen LogP contribution in [0.25, 0.3) is 0 Å². The minimum absolute atomic E-state index is 0.117. The van der Waals surface area contributed by atoms with Gasteiger partial charge in [0.05, 0.1) is 5.92 Å². The van der Waals surface area contributed by atoms with Crippen molar-refractivity contribution in [2.24, 2.45) is 5.92 Å². The fourth-order valence-electron chi connectivity index (χ4n) is 2.71. The first-order valence-electron chi connectivity index (χ1n) is 7.44. The summed E-state index contributed by atoms with van der Waals surface area (Å²) in [7, 11) is 0. The summed E-state index contributed by atoms with van der Waals surface area (Å²) in [5.74, 6) is -1.61. The minimum Gasteiger partial charge on any atom is -0.481 e. The molecule has 1 amide bonds. The third-order valence-electron chi connectivity index (χ3n) is 4.03. The highest BCUT2D eigenvalue weighted by Crippen LogP contribution is 2.26. The van der Waals surface area contributed by atoms with Crippen LogP contribution in [0.5, 0.6) is 0 Å². The summed E-state index contributed by atoms with van der Waals surface area (Å²) >= 11 is 0. The number of aliphatic carboxylic acids is 1. The van der Waals surface area contributed by atoms with E-state index in [0.29, 0.717) is 30.4 Å². The molecule has 1 aliphatic rings. The molecule has 0 aromatic heterocycles. The number of alkyl halides is 3. The van der Waals surface area contributed by atoms with Crippen LogP contribution in [0.15, 0.2) is 24.3 Å². The predicted octanol–water partition coefficient (Wildman–Crippen LogP) is 3.16. The zero-order valence-corrected chi connectivity index (χ0v) is 12.4. The van der Waals surface area contributed by atoms with E-state index in [4.69, 9.17) is 5.11 Å². The van der Waals surface area contributed by atoms with Gasteiger partial charge >= 0.3 is 12.1 Å². The molecule has 2 atom stereocenters. The number of benzene rings is 1. The van der Waals surface area contributed by atoms with Gasteiger partial charge in [-0.3, -0.25) is 9.59 Å². The van der Waals surface area contributed by atoms with Crippen LogP contribution in [0.2, 0.25) is 0 Å². The molecule has 1 aromatic rings. The number of aryl methyl sites for hydroxylation is 1. The summed E-state index contributed by atoms with van der Waals surface area (Å²) < 4.78 is 36.5.